The van der Waals surface area contributed by atoms with E-state index in [1.807, 2.05) is 61.5 Å². The zero-order valence-corrected chi connectivity index (χ0v) is 21.1. The highest BCUT2D eigenvalue weighted by Gasteiger charge is 2.36. The average Bonchev–Trinajstić information content (AvgIpc) is 3.34. The Balaban J connectivity index is 1.29. The first kappa shape index (κ1) is 24.3. The molecule has 0 saturated heterocycles. The number of amidine groups is 2. The second-order valence-corrected chi connectivity index (χ2v) is 9.17. The molecule has 2 heterocycles. The molecular weight excluding hydrogens is 488 g/mol. The summed E-state index contributed by atoms with van der Waals surface area (Å²) in [5.74, 6) is 1.32. The van der Waals surface area contributed by atoms with Gasteiger partial charge in [0.05, 0.1) is 12.7 Å². The van der Waals surface area contributed by atoms with E-state index in [0.29, 0.717) is 40.5 Å². The van der Waals surface area contributed by atoms with Crippen molar-refractivity contribution in [1.82, 2.24) is 5.01 Å². The molecule has 0 aromatic heterocycles. The Kier molecular flexibility index (Phi) is 7.04. The van der Waals surface area contributed by atoms with E-state index in [0.717, 1.165) is 16.9 Å². The highest BCUT2D eigenvalue weighted by Crippen LogP contribution is 2.33. The van der Waals surface area contributed by atoms with E-state index in [1.165, 1.54) is 16.8 Å². The summed E-state index contributed by atoms with van der Waals surface area (Å²) in [6.07, 6.45) is 1.61. The fourth-order valence-electron chi connectivity index (χ4n) is 3.69. The SMILES string of the molecule is COc1cc(/C=C2/C(=N)N3N=C(c4ccc(C)cc4)SC3=NC2=O)ccc1OCCOc1ccccc1. The molecule has 1 amide bonds. The highest BCUT2D eigenvalue weighted by atomic mass is 32.2. The van der Waals surface area contributed by atoms with Gasteiger partial charge < -0.3 is 14.2 Å². The molecule has 0 fully saturated rings. The second-order valence-electron chi connectivity index (χ2n) is 8.21. The molecule has 2 aliphatic heterocycles. The number of rotatable bonds is 8. The van der Waals surface area contributed by atoms with Crippen LogP contribution in [0.2, 0.25) is 0 Å². The number of carbonyl (C=O) groups excluding carboxylic acids is 1. The number of aliphatic imine (C=N–C) groups is 1. The van der Waals surface area contributed by atoms with Crippen molar-refractivity contribution in [1.29, 1.82) is 5.41 Å². The lowest BCUT2D eigenvalue weighted by Crippen LogP contribution is -2.35. The first-order valence-corrected chi connectivity index (χ1v) is 12.4. The number of hydrazone groups is 1. The Bertz CT molecular complexity index is 1430. The van der Waals surface area contributed by atoms with Crippen LogP contribution in [0.15, 0.2) is 88.5 Å². The normalized spacial score (nSPS) is 15.8. The number of nitrogens with one attached hydrogen (secondary N) is 1. The Labute approximate surface area is 218 Å². The fraction of sp³-hybridized carbons (Fsp3) is 0.143. The third-order valence-corrected chi connectivity index (χ3v) is 6.56. The van der Waals surface area contributed by atoms with Gasteiger partial charge in [-0.2, -0.15) is 15.1 Å². The molecule has 3 aromatic carbocycles. The van der Waals surface area contributed by atoms with E-state index in [-0.39, 0.29) is 11.4 Å². The number of aryl methyl sites for hydroxylation is 1. The molecule has 0 atom stereocenters. The molecule has 0 aliphatic carbocycles. The zero-order valence-electron chi connectivity index (χ0n) is 20.3. The number of nitrogens with zero attached hydrogens (tertiary/aromatic N) is 3. The summed E-state index contributed by atoms with van der Waals surface area (Å²) < 4.78 is 17.0. The number of ether oxygens (including phenoxy) is 3. The molecular formula is C28H24N4O4S. The molecule has 1 N–H and O–H groups in total. The maximum Gasteiger partial charge on any atom is 0.283 e. The van der Waals surface area contributed by atoms with Crippen LogP contribution in [0.3, 0.4) is 0 Å². The summed E-state index contributed by atoms with van der Waals surface area (Å²) in [4.78, 5) is 17.0. The summed E-state index contributed by atoms with van der Waals surface area (Å²) in [6, 6.07) is 22.7. The molecule has 186 valence electrons. The van der Waals surface area contributed by atoms with Crippen LogP contribution in [0.25, 0.3) is 6.08 Å². The number of amides is 1. The topological polar surface area (TPSA) is 96.6 Å². The quantitative estimate of drug-likeness (QED) is 0.332. The molecule has 8 nitrogen and oxygen atoms in total. The van der Waals surface area contributed by atoms with Crippen LogP contribution < -0.4 is 14.2 Å². The summed E-state index contributed by atoms with van der Waals surface area (Å²) >= 11 is 1.28. The third-order valence-electron chi connectivity index (χ3n) is 5.60. The molecule has 0 saturated carbocycles. The minimum absolute atomic E-state index is 0.0260. The Morgan fingerprint density at radius 2 is 1.73 bits per heavy atom. The van der Waals surface area contributed by atoms with E-state index in [2.05, 4.69) is 10.1 Å². The van der Waals surface area contributed by atoms with Gasteiger partial charge in [-0.25, -0.2) is 0 Å². The molecule has 5 rings (SSSR count). The van der Waals surface area contributed by atoms with Crippen LogP contribution in [0, 0.1) is 12.3 Å². The standard InChI is InChI=1S/C28H24N4O4S/c1-18-8-11-20(12-9-18)27-31-32-25(29)22(26(33)30-28(32)37-27)16-19-10-13-23(24(17-19)34-2)36-15-14-35-21-6-4-3-5-7-21/h3-13,16-17,29H,14-15H2,1-2H3/b22-16-,29-25?. The van der Waals surface area contributed by atoms with Crippen molar-refractivity contribution >= 4 is 39.8 Å². The van der Waals surface area contributed by atoms with Gasteiger partial charge in [0.15, 0.2) is 17.3 Å². The molecule has 0 spiro atoms. The van der Waals surface area contributed by atoms with E-state index >= 15 is 0 Å². The van der Waals surface area contributed by atoms with Crippen molar-refractivity contribution in [2.24, 2.45) is 10.1 Å². The number of fused-ring (bicyclic) bond motifs is 1. The number of benzene rings is 3. The van der Waals surface area contributed by atoms with Crippen LogP contribution in [-0.4, -0.2) is 47.3 Å². The van der Waals surface area contributed by atoms with Crippen molar-refractivity contribution < 1.29 is 19.0 Å². The molecule has 0 unspecified atom stereocenters. The van der Waals surface area contributed by atoms with Gasteiger partial charge in [-0.15, -0.1) is 0 Å². The van der Waals surface area contributed by atoms with E-state index < -0.39 is 5.91 Å². The minimum atomic E-state index is -0.485. The van der Waals surface area contributed by atoms with Crippen LogP contribution in [0.1, 0.15) is 16.7 Å². The first-order valence-electron chi connectivity index (χ1n) is 11.6. The summed E-state index contributed by atoms with van der Waals surface area (Å²) in [5.41, 5.74) is 2.87. The van der Waals surface area contributed by atoms with Crippen molar-refractivity contribution in [3.63, 3.8) is 0 Å². The van der Waals surface area contributed by atoms with Gasteiger partial charge in [0.25, 0.3) is 5.91 Å². The predicted octanol–water partition coefficient (Wildman–Crippen LogP) is 5.13. The minimum Gasteiger partial charge on any atom is -0.493 e. The Morgan fingerprint density at radius 1 is 0.973 bits per heavy atom. The number of para-hydroxylation sites is 1. The second kappa shape index (κ2) is 10.7. The largest absolute Gasteiger partial charge is 0.493 e. The van der Waals surface area contributed by atoms with E-state index in [9.17, 15) is 4.79 Å². The first-order chi connectivity index (χ1) is 18.0. The maximum atomic E-state index is 12.8. The molecule has 0 radical (unpaired) electrons. The van der Waals surface area contributed by atoms with Crippen molar-refractivity contribution in [3.05, 3.63) is 95.1 Å². The van der Waals surface area contributed by atoms with Crippen molar-refractivity contribution in [2.45, 2.75) is 6.92 Å². The third kappa shape index (κ3) is 5.41. The van der Waals surface area contributed by atoms with Gasteiger partial charge in [-0.05, 0) is 54.6 Å². The molecule has 9 heteroatoms. The van der Waals surface area contributed by atoms with Crippen LogP contribution in [0.4, 0.5) is 0 Å². The summed E-state index contributed by atoms with van der Waals surface area (Å²) in [7, 11) is 1.55. The van der Waals surface area contributed by atoms with E-state index in [4.69, 9.17) is 19.6 Å². The smallest absolute Gasteiger partial charge is 0.283 e. The van der Waals surface area contributed by atoms with Crippen LogP contribution in [0.5, 0.6) is 17.2 Å². The van der Waals surface area contributed by atoms with Gasteiger partial charge in [0, 0.05) is 5.56 Å². The number of methoxy groups -OCH3 is 1. The predicted molar refractivity (Wildman–Crippen MR) is 146 cm³/mol. The zero-order chi connectivity index (χ0) is 25.8. The number of thioether (sulfide) groups is 1. The van der Waals surface area contributed by atoms with Crippen LogP contribution in [-0.2, 0) is 4.79 Å². The summed E-state index contributed by atoms with van der Waals surface area (Å²) in [5, 5.41) is 15.6. The van der Waals surface area contributed by atoms with Gasteiger partial charge >= 0.3 is 0 Å². The van der Waals surface area contributed by atoms with Crippen molar-refractivity contribution in [3.8, 4) is 17.2 Å². The van der Waals surface area contributed by atoms with Gasteiger partial charge in [-0.1, -0.05) is 54.1 Å². The average molecular weight is 513 g/mol. The van der Waals surface area contributed by atoms with Crippen LogP contribution >= 0.6 is 11.8 Å². The lowest BCUT2D eigenvalue weighted by atomic mass is 10.1. The lowest BCUT2D eigenvalue weighted by Gasteiger charge is -2.20. The highest BCUT2D eigenvalue weighted by molar-refractivity contribution is 8.27. The summed E-state index contributed by atoms with van der Waals surface area (Å²) in [6.45, 7) is 2.73. The van der Waals surface area contributed by atoms with Gasteiger partial charge in [0.2, 0.25) is 5.17 Å². The fourth-order valence-corrected chi connectivity index (χ4v) is 4.59. The molecule has 0 bridgehead atoms. The van der Waals surface area contributed by atoms with Gasteiger partial charge in [0.1, 0.15) is 24.0 Å². The monoisotopic (exact) mass is 512 g/mol. The Morgan fingerprint density at radius 3 is 2.49 bits per heavy atom. The number of hydrogen-bond acceptors (Lipinski definition) is 7. The van der Waals surface area contributed by atoms with Crippen molar-refractivity contribution in [2.75, 3.05) is 20.3 Å². The van der Waals surface area contributed by atoms with E-state index in [1.54, 1.807) is 31.4 Å². The molecule has 2 aliphatic rings. The maximum absolute atomic E-state index is 12.8. The molecule has 3 aromatic rings. The molecule has 37 heavy (non-hydrogen) atoms. The van der Waals surface area contributed by atoms with Gasteiger partial charge in [-0.3, -0.25) is 10.2 Å². The number of carbonyl (C=O) groups is 1. The Hall–Kier alpha value is -4.37. The number of hydrogen-bond donors (Lipinski definition) is 1. The lowest BCUT2D eigenvalue weighted by molar-refractivity contribution is -0.114.